The third kappa shape index (κ3) is 3.70. The molecule has 1 amide bonds. The zero-order valence-corrected chi connectivity index (χ0v) is 15.7. The predicted octanol–water partition coefficient (Wildman–Crippen LogP) is 4.90. The van der Waals surface area contributed by atoms with Gasteiger partial charge in [0.15, 0.2) is 0 Å². The highest BCUT2D eigenvalue weighted by molar-refractivity contribution is 6.33. The van der Waals surface area contributed by atoms with Crippen LogP contribution in [0.4, 0.5) is 0 Å². The lowest BCUT2D eigenvalue weighted by molar-refractivity contribution is 0.0955. The summed E-state index contributed by atoms with van der Waals surface area (Å²) in [5.74, 6) is -0.329. The van der Waals surface area contributed by atoms with Gasteiger partial charge in [0.1, 0.15) is 0 Å². The largest absolute Gasteiger partial charge is 0.319 e. The Balaban J connectivity index is 1.76. The van der Waals surface area contributed by atoms with Crippen molar-refractivity contribution in [1.82, 2.24) is 9.99 Å². The van der Waals surface area contributed by atoms with Crippen molar-refractivity contribution in [3.8, 4) is 5.69 Å². The van der Waals surface area contributed by atoms with E-state index in [0.29, 0.717) is 10.6 Å². The van der Waals surface area contributed by atoms with E-state index in [0.717, 1.165) is 17.0 Å². The molecule has 0 aliphatic heterocycles. The van der Waals surface area contributed by atoms with Crippen molar-refractivity contribution in [3.05, 3.63) is 88.2 Å². The maximum Gasteiger partial charge on any atom is 0.272 e. The van der Waals surface area contributed by atoms with Gasteiger partial charge in [0.25, 0.3) is 5.91 Å². The Morgan fingerprint density at radius 2 is 1.58 bits per heavy atom. The van der Waals surface area contributed by atoms with E-state index in [-0.39, 0.29) is 5.91 Å². The number of halogens is 1. The van der Waals surface area contributed by atoms with Gasteiger partial charge in [-0.1, -0.05) is 35.9 Å². The van der Waals surface area contributed by atoms with Crippen molar-refractivity contribution in [1.29, 1.82) is 0 Å². The summed E-state index contributed by atoms with van der Waals surface area (Å²) in [5, 5.41) is 4.59. The van der Waals surface area contributed by atoms with Crippen LogP contribution >= 0.6 is 11.6 Å². The lowest BCUT2D eigenvalue weighted by Gasteiger charge is -2.10. The molecule has 0 unspecified atom stereocenters. The van der Waals surface area contributed by atoms with Crippen LogP contribution in [0.25, 0.3) is 5.69 Å². The average Bonchev–Trinajstić information content (AvgIpc) is 2.98. The van der Waals surface area contributed by atoms with Gasteiger partial charge >= 0.3 is 0 Å². The number of nitrogens with zero attached hydrogens (tertiary/aromatic N) is 2. The Kier molecular flexibility index (Phi) is 5.24. The van der Waals surface area contributed by atoms with Gasteiger partial charge in [-0.15, -0.1) is 0 Å². The second-order valence-electron chi connectivity index (χ2n) is 6.12. The molecule has 3 rings (SSSR count). The first-order chi connectivity index (χ1) is 12.5. The molecule has 1 aromatic heterocycles. The first-order valence-corrected chi connectivity index (χ1v) is 8.70. The molecular weight excluding hydrogens is 346 g/mol. The fraction of sp³-hybridized carbons (Fsp3) is 0.143. The highest BCUT2D eigenvalue weighted by atomic mass is 35.5. The Hall–Kier alpha value is -2.85. The van der Waals surface area contributed by atoms with Crippen LogP contribution in [0.1, 0.15) is 34.2 Å². The van der Waals surface area contributed by atoms with Gasteiger partial charge in [0, 0.05) is 17.1 Å². The number of amides is 1. The minimum absolute atomic E-state index is 0.329. The molecule has 0 aliphatic rings. The van der Waals surface area contributed by atoms with E-state index in [1.54, 1.807) is 24.3 Å². The van der Waals surface area contributed by atoms with Crippen molar-refractivity contribution >= 4 is 23.2 Å². The minimum Gasteiger partial charge on any atom is -0.319 e. The maximum atomic E-state index is 12.2. The van der Waals surface area contributed by atoms with Crippen LogP contribution in [-0.2, 0) is 0 Å². The van der Waals surface area contributed by atoms with Gasteiger partial charge in [-0.05, 0) is 62.7 Å². The molecule has 0 aliphatic carbocycles. The molecule has 26 heavy (non-hydrogen) atoms. The predicted molar refractivity (Wildman–Crippen MR) is 106 cm³/mol. The van der Waals surface area contributed by atoms with Crippen LogP contribution in [0.5, 0.6) is 0 Å². The molecule has 0 saturated heterocycles. The van der Waals surface area contributed by atoms with Crippen molar-refractivity contribution in [3.63, 3.8) is 0 Å². The zero-order chi connectivity index (χ0) is 18.7. The number of carbonyl (C=O) groups is 1. The normalized spacial score (nSPS) is 11.5. The molecule has 0 radical (unpaired) electrons. The van der Waals surface area contributed by atoms with E-state index in [1.165, 1.54) is 11.4 Å². The monoisotopic (exact) mass is 365 g/mol. The molecular formula is C21H20ClN3O. The number of nitrogens with one attached hydrogen (secondary N) is 1. The molecule has 0 spiro atoms. The number of rotatable bonds is 4. The molecule has 5 heteroatoms. The van der Waals surface area contributed by atoms with E-state index in [4.69, 9.17) is 11.6 Å². The second kappa shape index (κ2) is 7.58. The van der Waals surface area contributed by atoms with E-state index >= 15 is 0 Å². The Morgan fingerprint density at radius 1 is 0.962 bits per heavy atom. The highest BCUT2D eigenvalue weighted by Crippen LogP contribution is 2.17. The van der Waals surface area contributed by atoms with E-state index in [1.807, 2.05) is 31.2 Å². The SMILES string of the molecule is C/C(=N\NC(=O)c1ccccc1Cl)c1ccc(-n2c(C)ccc2C)cc1. The van der Waals surface area contributed by atoms with Gasteiger partial charge in [-0.2, -0.15) is 5.10 Å². The first kappa shape index (κ1) is 18.0. The van der Waals surface area contributed by atoms with Gasteiger partial charge in [0.2, 0.25) is 0 Å². The number of aryl methyl sites for hydroxylation is 2. The lowest BCUT2D eigenvalue weighted by atomic mass is 10.1. The minimum atomic E-state index is -0.329. The third-order valence-corrected chi connectivity index (χ3v) is 4.59. The van der Waals surface area contributed by atoms with Gasteiger partial charge in [-0.25, -0.2) is 5.43 Å². The summed E-state index contributed by atoms with van der Waals surface area (Å²) < 4.78 is 2.19. The summed E-state index contributed by atoms with van der Waals surface area (Å²) in [6, 6.07) is 19.2. The van der Waals surface area contributed by atoms with Crippen molar-refractivity contribution in [2.45, 2.75) is 20.8 Å². The van der Waals surface area contributed by atoms with E-state index < -0.39 is 0 Å². The van der Waals surface area contributed by atoms with Crippen molar-refractivity contribution in [2.75, 3.05) is 0 Å². The summed E-state index contributed by atoms with van der Waals surface area (Å²) in [7, 11) is 0. The molecule has 132 valence electrons. The summed E-state index contributed by atoms with van der Waals surface area (Å²) in [6.07, 6.45) is 0. The van der Waals surface area contributed by atoms with Crippen molar-refractivity contribution < 1.29 is 4.79 Å². The standard InChI is InChI=1S/C21H20ClN3O/c1-14-8-9-15(2)25(14)18-12-10-17(11-13-18)16(3)23-24-21(26)19-6-4-5-7-20(19)22/h4-13H,1-3H3,(H,24,26)/b23-16+. The Morgan fingerprint density at radius 3 is 2.19 bits per heavy atom. The van der Waals surface area contributed by atoms with Gasteiger partial charge in [0.05, 0.1) is 16.3 Å². The summed E-state index contributed by atoms with van der Waals surface area (Å²) in [5.41, 5.74) is 8.09. The van der Waals surface area contributed by atoms with E-state index in [9.17, 15) is 4.79 Å². The van der Waals surface area contributed by atoms with Gasteiger partial charge in [-0.3, -0.25) is 4.79 Å². The molecule has 0 bridgehead atoms. The summed E-state index contributed by atoms with van der Waals surface area (Å²) >= 11 is 6.03. The molecule has 4 nitrogen and oxygen atoms in total. The van der Waals surface area contributed by atoms with E-state index in [2.05, 4.69) is 41.1 Å². The fourth-order valence-electron chi connectivity index (χ4n) is 2.83. The quantitative estimate of drug-likeness (QED) is 0.518. The number of hydrazone groups is 1. The Labute approximate surface area is 158 Å². The third-order valence-electron chi connectivity index (χ3n) is 4.26. The molecule has 1 heterocycles. The summed E-state index contributed by atoms with van der Waals surface area (Å²) in [6.45, 7) is 6.02. The lowest BCUT2D eigenvalue weighted by Crippen LogP contribution is -2.19. The topological polar surface area (TPSA) is 46.4 Å². The van der Waals surface area contributed by atoms with Crippen LogP contribution in [0.3, 0.4) is 0 Å². The number of carbonyl (C=O) groups excluding carboxylic acids is 1. The van der Waals surface area contributed by atoms with Crippen LogP contribution in [0.15, 0.2) is 65.8 Å². The first-order valence-electron chi connectivity index (χ1n) is 8.32. The number of aromatic nitrogens is 1. The van der Waals surface area contributed by atoms with Crippen LogP contribution in [0.2, 0.25) is 5.02 Å². The highest BCUT2D eigenvalue weighted by Gasteiger charge is 2.09. The average molecular weight is 366 g/mol. The van der Waals surface area contributed by atoms with Gasteiger partial charge < -0.3 is 4.57 Å². The Bertz CT molecular complexity index is 952. The number of hydrogen-bond donors (Lipinski definition) is 1. The van der Waals surface area contributed by atoms with Crippen molar-refractivity contribution in [2.24, 2.45) is 5.10 Å². The summed E-state index contributed by atoms with van der Waals surface area (Å²) in [4.78, 5) is 12.2. The maximum absolute atomic E-state index is 12.2. The van der Waals surface area contributed by atoms with Crippen LogP contribution in [0, 0.1) is 13.8 Å². The molecule has 0 atom stereocenters. The molecule has 0 saturated carbocycles. The molecule has 1 N–H and O–H groups in total. The van der Waals surface area contributed by atoms with Crippen LogP contribution < -0.4 is 5.43 Å². The molecule has 3 aromatic rings. The molecule has 2 aromatic carbocycles. The smallest absolute Gasteiger partial charge is 0.272 e. The fourth-order valence-corrected chi connectivity index (χ4v) is 3.05. The zero-order valence-electron chi connectivity index (χ0n) is 15.0. The van der Waals surface area contributed by atoms with Crippen LogP contribution in [-0.4, -0.2) is 16.2 Å². The molecule has 0 fully saturated rings. The number of hydrogen-bond acceptors (Lipinski definition) is 2. The number of benzene rings is 2. The second-order valence-corrected chi connectivity index (χ2v) is 6.52.